The van der Waals surface area contributed by atoms with Gasteiger partial charge < -0.3 is 15.9 Å². The summed E-state index contributed by atoms with van der Waals surface area (Å²) in [6.45, 7) is 2.02. The zero-order valence-corrected chi connectivity index (χ0v) is 13.7. The van der Waals surface area contributed by atoms with Crippen LogP contribution in [0.25, 0.3) is 22.3 Å². The fourth-order valence-corrected chi connectivity index (χ4v) is 2.93. The summed E-state index contributed by atoms with van der Waals surface area (Å²) in [5.41, 5.74) is 10.6. The number of hydrogen-bond donors (Lipinski definition) is 3. The third-order valence-electron chi connectivity index (χ3n) is 4.15. The van der Waals surface area contributed by atoms with Gasteiger partial charge in [-0.25, -0.2) is 4.98 Å². The van der Waals surface area contributed by atoms with E-state index in [0.717, 1.165) is 27.8 Å². The Labute approximate surface area is 145 Å². The van der Waals surface area contributed by atoms with Crippen LogP contribution in [0.3, 0.4) is 0 Å². The molecule has 5 nitrogen and oxygen atoms in total. The highest BCUT2D eigenvalue weighted by Gasteiger charge is 2.16. The lowest BCUT2D eigenvalue weighted by molar-refractivity contribution is 0.473. The number of anilines is 1. The third kappa shape index (κ3) is 2.98. The summed E-state index contributed by atoms with van der Waals surface area (Å²) in [5.74, 6) is 0.502. The number of nitrogen functional groups attached to an aromatic ring is 1. The van der Waals surface area contributed by atoms with Gasteiger partial charge in [-0.2, -0.15) is 5.26 Å². The Kier molecular flexibility index (Phi) is 4.27. The van der Waals surface area contributed by atoms with Gasteiger partial charge in [0.15, 0.2) is 0 Å². The minimum atomic E-state index is -0.0643. The van der Waals surface area contributed by atoms with E-state index in [-0.39, 0.29) is 17.1 Å². The predicted octanol–water partition coefficient (Wildman–Crippen LogP) is 3.84. The summed E-state index contributed by atoms with van der Waals surface area (Å²) in [6.07, 6.45) is 2.43. The first kappa shape index (κ1) is 16.3. The summed E-state index contributed by atoms with van der Waals surface area (Å²) in [5, 5.41) is 28.4. The zero-order chi connectivity index (χ0) is 18.0. The monoisotopic (exact) mass is 331 g/mol. The molecule has 0 spiro atoms. The molecular weight excluding hydrogens is 314 g/mol. The maximum absolute atomic E-state index is 9.74. The van der Waals surface area contributed by atoms with E-state index >= 15 is 0 Å². The van der Waals surface area contributed by atoms with Crippen LogP contribution in [0.1, 0.15) is 18.1 Å². The Balaban J connectivity index is 2.25. The second kappa shape index (κ2) is 6.54. The van der Waals surface area contributed by atoms with E-state index in [2.05, 4.69) is 4.98 Å². The highest BCUT2D eigenvalue weighted by atomic mass is 16.3. The van der Waals surface area contributed by atoms with Crippen molar-refractivity contribution >= 4 is 5.82 Å². The van der Waals surface area contributed by atoms with Gasteiger partial charge in [0.05, 0.1) is 5.56 Å². The van der Waals surface area contributed by atoms with Crippen LogP contribution in [-0.2, 0) is 6.42 Å². The molecule has 124 valence electrons. The topological polar surface area (TPSA) is 103 Å². The third-order valence-corrected chi connectivity index (χ3v) is 4.15. The van der Waals surface area contributed by atoms with Gasteiger partial charge >= 0.3 is 0 Å². The number of aromatic nitrogens is 1. The predicted molar refractivity (Wildman–Crippen MR) is 96.9 cm³/mol. The first-order valence-corrected chi connectivity index (χ1v) is 7.85. The molecule has 1 heterocycles. The lowest BCUT2D eigenvalue weighted by Crippen LogP contribution is -2.01. The quantitative estimate of drug-likeness (QED) is 0.676. The van der Waals surface area contributed by atoms with Crippen LogP contribution in [0, 0.1) is 11.3 Å². The van der Waals surface area contributed by atoms with Gasteiger partial charge in [0.25, 0.3) is 0 Å². The lowest BCUT2D eigenvalue weighted by atomic mass is 9.91. The Morgan fingerprint density at radius 1 is 1.08 bits per heavy atom. The molecule has 0 atom stereocenters. The van der Waals surface area contributed by atoms with Gasteiger partial charge in [-0.15, -0.1) is 0 Å². The molecule has 0 saturated heterocycles. The lowest BCUT2D eigenvalue weighted by Gasteiger charge is -2.16. The van der Waals surface area contributed by atoms with E-state index in [4.69, 9.17) is 11.0 Å². The number of nitriles is 1. The first-order valence-electron chi connectivity index (χ1n) is 7.85. The van der Waals surface area contributed by atoms with Gasteiger partial charge in [-0.3, -0.25) is 0 Å². The largest absolute Gasteiger partial charge is 0.508 e. The normalized spacial score (nSPS) is 10.4. The number of aromatic hydroxyl groups is 2. The molecule has 0 saturated carbocycles. The maximum Gasteiger partial charge on any atom is 0.133 e. The Bertz CT molecular complexity index is 973. The van der Waals surface area contributed by atoms with Gasteiger partial charge in [0, 0.05) is 17.3 Å². The van der Waals surface area contributed by atoms with Crippen LogP contribution in [0.4, 0.5) is 5.82 Å². The van der Waals surface area contributed by atoms with Crippen molar-refractivity contribution in [3.63, 3.8) is 0 Å². The number of phenolic OH excluding ortho intramolecular Hbond substituents is 2. The molecule has 3 rings (SSSR count). The van der Waals surface area contributed by atoms with E-state index in [1.165, 1.54) is 6.07 Å². The SMILES string of the molecule is CCc1c(-c2ccc(O)cc2)cnc(N)c1-c1ccc(O)c(C#N)c1. The average Bonchev–Trinajstić information content (AvgIpc) is 2.63. The first-order chi connectivity index (χ1) is 12.0. The van der Waals surface area contributed by atoms with E-state index in [1.54, 1.807) is 30.5 Å². The van der Waals surface area contributed by atoms with Crippen molar-refractivity contribution in [1.82, 2.24) is 4.98 Å². The van der Waals surface area contributed by atoms with Crippen LogP contribution in [0.2, 0.25) is 0 Å². The summed E-state index contributed by atoms with van der Waals surface area (Å²) in [6, 6.07) is 13.7. The molecule has 2 aromatic carbocycles. The molecule has 25 heavy (non-hydrogen) atoms. The summed E-state index contributed by atoms with van der Waals surface area (Å²) >= 11 is 0. The molecule has 0 amide bonds. The molecule has 3 aromatic rings. The van der Waals surface area contributed by atoms with E-state index in [0.29, 0.717) is 12.2 Å². The van der Waals surface area contributed by atoms with Crippen LogP contribution >= 0.6 is 0 Å². The second-order valence-electron chi connectivity index (χ2n) is 5.65. The highest BCUT2D eigenvalue weighted by molar-refractivity contribution is 5.85. The molecule has 4 N–H and O–H groups in total. The van der Waals surface area contributed by atoms with Crippen molar-refractivity contribution in [2.45, 2.75) is 13.3 Å². The number of hydrogen-bond acceptors (Lipinski definition) is 5. The number of benzene rings is 2. The molecule has 0 aliphatic rings. The standard InChI is InChI=1S/C20H17N3O2/c1-2-16-17(12-3-6-15(24)7-4-12)11-23-20(22)19(16)13-5-8-18(25)14(9-13)10-21/h3-9,11,24-25H,2H2,1H3,(H2,22,23). The highest BCUT2D eigenvalue weighted by Crippen LogP contribution is 2.37. The van der Waals surface area contributed by atoms with E-state index in [9.17, 15) is 10.2 Å². The molecule has 0 aliphatic heterocycles. The van der Waals surface area contributed by atoms with Crippen LogP contribution in [-0.4, -0.2) is 15.2 Å². The number of rotatable bonds is 3. The number of pyridine rings is 1. The molecule has 1 aromatic heterocycles. The molecule has 0 unspecified atom stereocenters. The molecule has 0 aliphatic carbocycles. The Morgan fingerprint density at radius 2 is 1.76 bits per heavy atom. The van der Waals surface area contributed by atoms with Crippen molar-refractivity contribution in [3.05, 3.63) is 59.8 Å². The summed E-state index contributed by atoms with van der Waals surface area (Å²) in [4.78, 5) is 4.31. The second-order valence-corrected chi connectivity index (χ2v) is 5.65. The zero-order valence-electron chi connectivity index (χ0n) is 13.7. The number of nitrogens with two attached hydrogens (primary N) is 1. The van der Waals surface area contributed by atoms with Crippen LogP contribution < -0.4 is 5.73 Å². The van der Waals surface area contributed by atoms with Gasteiger partial charge in [-0.1, -0.05) is 25.1 Å². The van der Waals surface area contributed by atoms with Crippen molar-refractivity contribution in [2.24, 2.45) is 0 Å². The van der Waals surface area contributed by atoms with Gasteiger partial charge in [-0.05, 0) is 47.4 Å². The van der Waals surface area contributed by atoms with Crippen molar-refractivity contribution in [3.8, 4) is 39.8 Å². The fourth-order valence-electron chi connectivity index (χ4n) is 2.93. The van der Waals surface area contributed by atoms with Crippen molar-refractivity contribution < 1.29 is 10.2 Å². The number of phenols is 2. The average molecular weight is 331 g/mol. The van der Waals surface area contributed by atoms with Gasteiger partial charge in [0.1, 0.15) is 23.4 Å². The maximum atomic E-state index is 9.74. The minimum absolute atomic E-state index is 0.0643. The minimum Gasteiger partial charge on any atom is -0.508 e. The summed E-state index contributed by atoms with van der Waals surface area (Å²) < 4.78 is 0. The summed E-state index contributed by atoms with van der Waals surface area (Å²) in [7, 11) is 0. The molecule has 5 heteroatoms. The fraction of sp³-hybridized carbons (Fsp3) is 0.100. The Hall–Kier alpha value is -3.52. The van der Waals surface area contributed by atoms with Crippen molar-refractivity contribution in [1.29, 1.82) is 5.26 Å². The van der Waals surface area contributed by atoms with E-state index in [1.807, 2.05) is 25.1 Å². The molecular formula is C20H17N3O2. The number of nitrogens with zero attached hydrogens (tertiary/aromatic N) is 2. The molecule has 0 radical (unpaired) electrons. The van der Waals surface area contributed by atoms with Gasteiger partial charge in [0.2, 0.25) is 0 Å². The van der Waals surface area contributed by atoms with Crippen molar-refractivity contribution in [2.75, 3.05) is 5.73 Å². The van der Waals surface area contributed by atoms with Crippen LogP contribution in [0.5, 0.6) is 11.5 Å². The Morgan fingerprint density at radius 3 is 2.40 bits per heavy atom. The molecule has 0 bridgehead atoms. The van der Waals surface area contributed by atoms with E-state index < -0.39 is 0 Å². The smallest absolute Gasteiger partial charge is 0.133 e. The molecule has 0 fully saturated rings. The van der Waals surface area contributed by atoms with Crippen LogP contribution in [0.15, 0.2) is 48.7 Å².